The third-order valence-electron chi connectivity index (χ3n) is 7.66. The zero-order valence-electron chi connectivity index (χ0n) is 23.4. The van der Waals surface area contributed by atoms with Crippen molar-refractivity contribution in [3.05, 3.63) is 80.5 Å². The average Bonchev–Trinajstić information content (AvgIpc) is 3.39. The Hall–Kier alpha value is -3.84. The van der Waals surface area contributed by atoms with Crippen LogP contribution in [-0.4, -0.2) is 26.2 Å². The molecule has 7 heteroatoms. The highest BCUT2D eigenvalue weighted by atomic mass is 32.1. The zero-order valence-corrected chi connectivity index (χ0v) is 24.2. The summed E-state index contributed by atoms with van der Waals surface area (Å²) in [6.07, 6.45) is 0. The van der Waals surface area contributed by atoms with Crippen LogP contribution in [0, 0.1) is 13.8 Å². The molecule has 0 saturated carbocycles. The second-order valence-electron chi connectivity index (χ2n) is 9.65. The molecule has 5 aromatic rings. The molecule has 0 saturated heterocycles. The number of nitrogens with zero attached hydrogens (tertiary/aromatic N) is 2. The molecule has 0 atom stereocenters. The summed E-state index contributed by atoms with van der Waals surface area (Å²) >= 11 is 1.41. The lowest BCUT2D eigenvalue weighted by Crippen LogP contribution is -2.21. The van der Waals surface area contributed by atoms with Crippen molar-refractivity contribution in [1.82, 2.24) is 0 Å². The molecule has 0 spiro atoms. The van der Waals surface area contributed by atoms with Crippen LogP contribution in [0.3, 0.4) is 0 Å². The lowest BCUT2D eigenvalue weighted by atomic mass is 10.0. The summed E-state index contributed by atoms with van der Waals surface area (Å²) in [5.41, 5.74) is 5.26. The van der Waals surface area contributed by atoms with Gasteiger partial charge < -0.3 is 18.6 Å². The van der Waals surface area contributed by atoms with Gasteiger partial charge >= 0.3 is 11.3 Å². The van der Waals surface area contributed by atoms with Gasteiger partial charge in [-0.1, -0.05) is 0 Å². The third kappa shape index (κ3) is 4.65. The molecule has 2 aromatic carbocycles. The molecule has 0 bridgehead atoms. The van der Waals surface area contributed by atoms with Crippen molar-refractivity contribution in [3.63, 3.8) is 0 Å². The number of hydrogen-bond acceptors (Lipinski definition) is 7. The van der Waals surface area contributed by atoms with Crippen molar-refractivity contribution < 1.29 is 8.83 Å². The molecule has 0 aliphatic carbocycles. The number of rotatable bonds is 8. The van der Waals surface area contributed by atoms with Crippen LogP contribution < -0.4 is 21.1 Å². The average molecular weight is 543 g/mol. The number of benzene rings is 2. The van der Waals surface area contributed by atoms with E-state index in [1.807, 2.05) is 50.2 Å². The smallest absolute Gasteiger partial charge is 0.345 e. The minimum atomic E-state index is -0.378. The van der Waals surface area contributed by atoms with Crippen molar-refractivity contribution in [1.29, 1.82) is 0 Å². The van der Waals surface area contributed by atoms with Gasteiger partial charge in [-0.2, -0.15) is 0 Å². The minimum absolute atomic E-state index is 0.378. The van der Waals surface area contributed by atoms with Crippen molar-refractivity contribution in [2.24, 2.45) is 0 Å². The minimum Gasteiger partial charge on any atom is -0.422 e. The zero-order chi connectivity index (χ0) is 27.8. The largest absolute Gasteiger partial charge is 0.422 e. The van der Waals surface area contributed by atoms with Gasteiger partial charge in [0.15, 0.2) is 0 Å². The number of thiophene rings is 1. The van der Waals surface area contributed by atoms with Gasteiger partial charge in [-0.15, -0.1) is 11.3 Å². The standard InChI is InChI=1S/C32H34N2O4S/c1-7-33(8-2)21-11-13-23-19(5)29(31(35)37-25(23)17-21)27-15-16-28(39-27)30-20(6)24-14-12-22(34(9-3)10-4)18-26(24)38-32(30)36/h11-18H,7-10H2,1-6H3. The molecule has 0 aliphatic heterocycles. The monoisotopic (exact) mass is 542 g/mol. The van der Waals surface area contributed by atoms with E-state index in [9.17, 15) is 9.59 Å². The van der Waals surface area contributed by atoms with Gasteiger partial charge in [0.05, 0.1) is 11.1 Å². The van der Waals surface area contributed by atoms with Gasteiger partial charge in [-0.25, -0.2) is 9.59 Å². The fourth-order valence-corrected chi connectivity index (χ4v) is 6.62. The molecule has 0 radical (unpaired) electrons. The fraction of sp³-hybridized carbons (Fsp3) is 0.312. The maximum Gasteiger partial charge on any atom is 0.345 e. The predicted octanol–water partition coefficient (Wildman–Crippen LogP) is 7.60. The molecule has 0 N–H and O–H groups in total. The second kappa shape index (κ2) is 10.7. The Balaban J connectivity index is 1.58. The van der Waals surface area contributed by atoms with Crippen LogP contribution in [0.15, 0.2) is 67.0 Å². The van der Waals surface area contributed by atoms with Crippen LogP contribution >= 0.6 is 11.3 Å². The summed E-state index contributed by atoms with van der Waals surface area (Å²) in [5.74, 6) is 0. The second-order valence-corrected chi connectivity index (χ2v) is 10.7. The first kappa shape index (κ1) is 26.8. The Labute approximate surface area is 232 Å². The Morgan fingerprint density at radius 3 is 1.36 bits per heavy atom. The van der Waals surface area contributed by atoms with E-state index >= 15 is 0 Å². The summed E-state index contributed by atoms with van der Waals surface area (Å²) in [6.45, 7) is 15.8. The van der Waals surface area contributed by atoms with E-state index in [0.29, 0.717) is 22.3 Å². The molecular weight excluding hydrogens is 508 g/mol. The van der Waals surface area contributed by atoms with Crippen molar-refractivity contribution >= 4 is 44.7 Å². The summed E-state index contributed by atoms with van der Waals surface area (Å²) in [6, 6.07) is 15.8. The molecule has 202 valence electrons. The van der Waals surface area contributed by atoms with Crippen molar-refractivity contribution in [2.75, 3.05) is 36.0 Å². The molecule has 0 fully saturated rings. The van der Waals surface area contributed by atoms with Crippen LogP contribution in [0.4, 0.5) is 11.4 Å². The predicted molar refractivity (Wildman–Crippen MR) is 164 cm³/mol. The maximum atomic E-state index is 13.2. The molecule has 39 heavy (non-hydrogen) atoms. The molecule has 6 nitrogen and oxygen atoms in total. The van der Waals surface area contributed by atoms with Crippen LogP contribution in [0.25, 0.3) is 42.8 Å². The first-order chi connectivity index (χ1) is 18.8. The van der Waals surface area contributed by atoms with Crippen molar-refractivity contribution in [3.8, 4) is 20.9 Å². The number of aryl methyl sites for hydroxylation is 2. The van der Waals surface area contributed by atoms with Crippen molar-refractivity contribution in [2.45, 2.75) is 41.5 Å². The van der Waals surface area contributed by atoms with E-state index in [1.165, 1.54) is 11.3 Å². The summed E-state index contributed by atoms with van der Waals surface area (Å²) in [7, 11) is 0. The van der Waals surface area contributed by atoms with Crippen LogP contribution in [-0.2, 0) is 0 Å². The quantitative estimate of drug-likeness (QED) is 0.188. The highest BCUT2D eigenvalue weighted by Gasteiger charge is 2.20. The highest BCUT2D eigenvalue weighted by molar-refractivity contribution is 7.18. The lowest BCUT2D eigenvalue weighted by molar-refractivity contribution is 0.562. The molecule has 0 amide bonds. The van der Waals surface area contributed by atoms with Gasteiger partial charge in [0.25, 0.3) is 0 Å². The van der Waals surface area contributed by atoms with Crippen LogP contribution in [0.5, 0.6) is 0 Å². The highest BCUT2D eigenvalue weighted by Crippen LogP contribution is 2.38. The molecule has 3 aromatic heterocycles. The van der Waals surface area contributed by atoms with E-state index in [4.69, 9.17) is 8.83 Å². The van der Waals surface area contributed by atoms with Gasteiger partial charge in [-0.3, -0.25) is 0 Å². The first-order valence-electron chi connectivity index (χ1n) is 13.6. The molecule has 3 heterocycles. The summed E-state index contributed by atoms with van der Waals surface area (Å²) in [4.78, 5) is 32.4. The van der Waals surface area contributed by atoms with Crippen LogP contribution in [0.1, 0.15) is 38.8 Å². The van der Waals surface area contributed by atoms with E-state index < -0.39 is 0 Å². The van der Waals surface area contributed by atoms with E-state index in [-0.39, 0.29) is 11.3 Å². The Bertz CT molecular complexity index is 1660. The molecular formula is C32H34N2O4S. The first-order valence-corrected chi connectivity index (χ1v) is 14.4. The Kier molecular flexibility index (Phi) is 7.36. The Morgan fingerprint density at radius 1 is 0.615 bits per heavy atom. The molecule has 0 aliphatic rings. The number of fused-ring (bicyclic) bond motifs is 2. The maximum absolute atomic E-state index is 13.2. The summed E-state index contributed by atoms with van der Waals surface area (Å²) in [5, 5.41) is 1.81. The van der Waals surface area contributed by atoms with E-state index in [0.717, 1.165) is 69.2 Å². The third-order valence-corrected chi connectivity index (χ3v) is 8.78. The van der Waals surface area contributed by atoms with Gasteiger partial charge in [-0.05, 0) is 89.1 Å². The molecule has 0 unspecified atom stereocenters. The number of hydrogen-bond donors (Lipinski definition) is 0. The fourth-order valence-electron chi connectivity index (χ4n) is 5.44. The number of anilines is 2. The van der Waals surface area contributed by atoms with E-state index in [2.05, 4.69) is 49.6 Å². The lowest BCUT2D eigenvalue weighted by Gasteiger charge is -2.21. The molecule has 5 rings (SSSR count). The normalized spacial score (nSPS) is 11.4. The van der Waals surface area contributed by atoms with Crippen LogP contribution in [0.2, 0.25) is 0 Å². The Morgan fingerprint density at radius 2 is 1.00 bits per heavy atom. The summed E-state index contributed by atoms with van der Waals surface area (Å²) < 4.78 is 11.6. The topological polar surface area (TPSA) is 66.9 Å². The van der Waals surface area contributed by atoms with Gasteiger partial charge in [0, 0.05) is 70.2 Å². The van der Waals surface area contributed by atoms with E-state index in [1.54, 1.807) is 0 Å². The SMILES string of the molecule is CCN(CC)c1ccc2c(C)c(-c3ccc(-c4c(C)c5ccc(N(CC)CC)cc5oc4=O)s3)c(=O)oc2c1. The van der Waals surface area contributed by atoms with Gasteiger partial charge in [0.2, 0.25) is 0 Å². The van der Waals surface area contributed by atoms with Gasteiger partial charge in [0.1, 0.15) is 11.2 Å².